The van der Waals surface area contributed by atoms with E-state index in [1.54, 1.807) is 27.7 Å². The zero-order valence-corrected chi connectivity index (χ0v) is 15.7. The zero-order valence-electron chi connectivity index (χ0n) is 15.7. The van der Waals surface area contributed by atoms with Crippen LogP contribution in [-0.4, -0.2) is 41.5 Å². The highest BCUT2D eigenvalue weighted by Crippen LogP contribution is 2.30. The van der Waals surface area contributed by atoms with Crippen molar-refractivity contribution < 1.29 is 26.7 Å². The van der Waals surface area contributed by atoms with Crippen LogP contribution in [0.25, 0.3) is 11.0 Å². The number of fused-ring (bicyclic) bond motifs is 1. The molecule has 0 saturated carbocycles. The Morgan fingerprint density at radius 3 is 2.63 bits per heavy atom. The Labute approximate surface area is 168 Å². The van der Waals surface area contributed by atoms with E-state index < -0.39 is 30.5 Å². The third-order valence-electron chi connectivity index (χ3n) is 5.14. The van der Waals surface area contributed by atoms with Crippen molar-refractivity contribution in [2.24, 2.45) is 5.73 Å². The first kappa shape index (κ1) is 20.4. The van der Waals surface area contributed by atoms with Crippen molar-refractivity contribution >= 4 is 17.0 Å². The molecule has 0 aliphatic carbocycles. The number of para-hydroxylation sites is 1. The lowest BCUT2D eigenvalue weighted by Gasteiger charge is -2.34. The fraction of sp³-hybridized carbons (Fsp3) is 0.350. The van der Waals surface area contributed by atoms with E-state index >= 15 is 0 Å². The lowest BCUT2D eigenvalue weighted by molar-refractivity contribution is -0.0504. The van der Waals surface area contributed by atoms with Gasteiger partial charge in [0, 0.05) is 30.8 Å². The topological polar surface area (TPSA) is 56.3 Å². The van der Waals surface area contributed by atoms with Crippen LogP contribution in [0.4, 0.5) is 27.9 Å². The number of nitrogens with two attached hydrogens (primary N) is 1. The van der Waals surface area contributed by atoms with Gasteiger partial charge >= 0.3 is 6.61 Å². The van der Waals surface area contributed by atoms with Crippen molar-refractivity contribution in [1.29, 1.82) is 0 Å². The van der Waals surface area contributed by atoms with Gasteiger partial charge in [-0.15, -0.1) is 0 Å². The van der Waals surface area contributed by atoms with Crippen molar-refractivity contribution in [1.82, 2.24) is 9.55 Å². The fourth-order valence-corrected chi connectivity index (χ4v) is 3.66. The van der Waals surface area contributed by atoms with Gasteiger partial charge in [-0.25, -0.2) is 18.2 Å². The van der Waals surface area contributed by atoms with E-state index in [9.17, 15) is 22.0 Å². The molecule has 30 heavy (non-hydrogen) atoms. The maximum absolute atomic E-state index is 14.0. The van der Waals surface area contributed by atoms with Gasteiger partial charge in [-0.3, -0.25) is 0 Å². The van der Waals surface area contributed by atoms with Crippen molar-refractivity contribution in [2.75, 3.05) is 18.0 Å². The Balaban J connectivity index is 1.80. The number of imidazole rings is 1. The molecule has 1 aliphatic heterocycles. The van der Waals surface area contributed by atoms with Gasteiger partial charge in [-0.1, -0.05) is 18.2 Å². The van der Waals surface area contributed by atoms with Crippen LogP contribution in [0.15, 0.2) is 36.4 Å². The van der Waals surface area contributed by atoms with E-state index in [-0.39, 0.29) is 36.3 Å². The van der Waals surface area contributed by atoms with Crippen LogP contribution in [0.3, 0.4) is 0 Å². The third-order valence-corrected chi connectivity index (χ3v) is 5.14. The molecule has 2 N–H and O–H groups in total. The molecular weight excluding hydrogens is 407 g/mol. The standard InChI is InChI=1S/C20H19F5N4O/c21-12-5-6-28(10-15(12)26)20-27-16-7-13(22)14(23)8-17(16)29(20)9-11-3-1-2-4-18(11)30-19(24)25/h1-4,7-8,12,15,19H,5-6,9-10,26H2/t12-,15-/m1/s1. The van der Waals surface area contributed by atoms with E-state index in [4.69, 9.17) is 5.73 Å². The summed E-state index contributed by atoms with van der Waals surface area (Å²) in [6, 6.07) is 7.41. The second kappa shape index (κ2) is 8.10. The number of ether oxygens (including phenoxy) is 1. The SMILES string of the molecule is N[C@@H]1CN(c2nc3cc(F)c(F)cc3n2Cc2ccccc2OC(F)F)CC[C@H]1F. The number of anilines is 1. The second-order valence-corrected chi connectivity index (χ2v) is 7.15. The highest BCUT2D eigenvalue weighted by molar-refractivity contribution is 5.79. The number of alkyl halides is 3. The van der Waals surface area contributed by atoms with Gasteiger partial charge < -0.3 is 19.9 Å². The van der Waals surface area contributed by atoms with Gasteiger partial charge in [0.25, 0.3) is 0 Å². The van der Waals surface area contributed by atoms with Crippen LogP contribution >= 0.6 is 0 Å². The van der Waals surface area contributed by atoms with Crippen molar-refractivity contribution in [2.45, 2.75) is 31.8 Å². The van der Waals surface area contributed by atoms with E-state index in [1.165, 1.54) is 6.07 Å². The summed E-state index contributed by atoms with van der Waals surface area (Å²) in [6.45, 7) is -2.55. The Morgan fingerprint density at radius 2 is 1.90 bits per heavy atom. The molecule has 10 heteroatoms. The molecular formula is C20H19F5N4O. The first-order valence-electron chi connectivity index (χ1n) is 9.36. The number of halogens is 5. The van der Waals surface area contributed by atoms with Gasteiger partial charge in [0.2, 0.25) is 5.95 Å². The number of hydrogen-bond donors (Lipinski definition) is 1. The Hall–Kier alpha value is -2.88. The second-order valence-electron chi connectivity index (χ2n) is 7.15. The number of aromatic nitrogens is 2. The maximum Gasteiger partial charge on any atom is 0.387 e. The lowest BCUT2D eigenvalue weighted by Crippen LogP contribution is -2.50. The summed E-state index contributed by atoms with van der Waals surface area (Å²) in [6.07, 6.45) is -0.979. The Morgan fingerprint density at radius 1 is 1.17 bits per heavy atom. The molecule has 2 heterocycles. The van der Waals surface area contributed by atoms with Gasteiger partial charge in [0.15, 0.2) is 11.6 Å². The molecule has 0 bridgehead atoms. The summed E-state index contributed by atoms with van der Waals surface area (Å²) in [5, 5.41) is 0. The lowest BCUT2D eigenvalue weighted by atomic mass is 10.1. The van der Waals surface area contributed by atoms with Crippen LogP contribution < -0.4 is 15.4 Å². The molecule has 2 aromatic carbocycles. The van der Waals surface area contributed by atoms with Crippen LogP contribution in [0.1, 0.15) is 12.0 Å². The molecule has 0 spiro atoms. The molecule has 0 radical (unpaired) electrons. The van der Waals surface area contributed by atoms with Crippen LogP contribution in [0.2, 0.25) is 0 Å². The number of rotatable bonds is 5. The predicted molar refractivity (Wildman–Crippen MR) is 102 cm³/mol. The maximum atomic E-state index is 14.0. The summed E-state index contributed by atoms with van der Waals surface area (Å²) in [5.41, 5.74) is 6.71. The monoisotopic (exact) mass is 426 g/mol. The van der Waals surface area contributed by atoms with Gasteiger partial charge in [0.1, 0.15) is 11.9 Å². The van der Waals surface area contributed by atoms with E-state index in [2.05, 4.69) is 9.72 Å². The molecule has 1 aliphatic rings. The zero-order chi connectivity index (χ0) is 21.4. The molecule has 0 unspecified atom stereocenters. The van der Waals surface area contributed by atoms with Crippen molar-refractivity contribution in [3.05, 3.63) is 53.6 Å². The number of nitrogens with zero attached hydrogens (tertiary/aromatic N) is 3. The smallest absolute Gasteiger partial charge is 0.387 e. The van der Waals surface area contributed by atoms with E-state index in [0.29, 0.717) is 18.1 Å². The summed E-state index contributed by atoms with van der Waals surface area (Å²) >= 11 is 0. The first-order valence-corrected chi connectivity index (χ1v) is 9.36. The predicted octanol–water partition coefficient (Wildman–Crippen LogP) is 3.84. The average Bonchev–Trinajstić information content (AvgIpc) is 3.03. The molecule has 4 rings (SSSR count). The third kappa shape index (κ3) is 3.91. The van der Waals surface area contributed by atoms with Crippen molar-refractivity contribution in [3.8, 4) is 5.75 Å². The van der Waals surface area contributed by atoms with Gasteiger partial charge in [-0.2, -0.15) is 8.78 Å². The average molecular weight is 426 g/mol. The van der Waals surface area contributed by atoms with Crippen LogP contribution in [0, 0.1) is 11.6 Å². The van der Waals surface area contributed by atoms with Crippen LogP contribution in [0.5, 0.6) is 5.75 Å². The minimum Gasteiger partial charge on any atom is -0.434 e. The number of benzene rings is 2. The van der Waals surface area contributed by atoms with E-state index in [1.807, 2.05) is 0 Å². The quantitative estimate of drug-likeness (QED) is 0.630. The minimum absolute atomic E-state index is 0.00455. The molecule has 5 nitrogen and oxygen atoms in total. The normalized spacial score (nSPS) is 19.6. The molecule has 160 valence electrons. The summed E-state index contributed by atoms with van der Waals surface area (Å²) in [5.74, 6) is -1.84. The van der Waals surface area contributed by atoms with Crippen molar-refractivity contribution in [3.63, 3.8) is 0 Å². The summed E-state index contributed by atoms with van der Waals surface area (Å²) < 4.78 is 73.3. The van der Waals surface area contributed by atoms with Gasteiger partial charge in [0.05, 0.1) is 23.6 Å². The Bertz CT molecular complexity index is 1060. The van der Waals surface area contributed by atoms with Gasteiger partial charge in [-0.05, 0) is 12.5 Å². The Kier molecular flexibility index (Phi) is 5.50. The minimum atomic E-state index is -3.02. The number of piperidine rings is 1. The first-order chi connectivity index (χ1) is 14.3. The fourth-order valence-electron chi connectivity index (χ4n) is 3.66. The molecule has 1 saturated heterocycles. The largest absolute Gasteiger partial charge is 0.434 e. The van der Waals surface area contributed by atoms with Crippen LogP contribution in [-0.2, 0) is 6.54 Å². The summed E-state index contributed by atoms with van der Waals surface area (Å²) in [4.78, 5) is 6.13. The molecule has 3 aromatic rings. The highest BCUT2D eigenvalue weighted by atomic mass is 19.3. The summed E-state index contributed by atoms with van der Waals surface area (Å²) in [7, 11) is 0. The molecule has 1 aromatic heterocycles. The molecule has 0 amide bonds. The molecule has 1 fully saturated rings. The van der Waals surface area contributed by atoms with E-state index in [0.717, 1.165) is 12.1 Å². The number of hydrogen-bond acceptors (Lipinski definition) is 4. The highest BCUT2D eigenvalue weighted by Gasteiger charge is 2.29. The molecule has 2 atom stereocenters.